The molecule has 0 aliphatic carbocycles. The number of benzene rings is 2. The van der Waals surface area contributed by atoms with Crippen LogP contribution < -0.4 is 5.32 Å². The maximum absolute atomic E-state index is 12.5. The Morgan fingerprint density at radius 2 is 1.36 bits per heavy atom. The standard InChI is InChI=1S/C30H42N2O4/c1-3-4-5-6-7-8-9-10-11-15-22-31-28(33)27-20-18-25(19-21-27)23-32(29(34)30(35)36)24(2)26-16-13-12-14-17-26/h12-14,16-21,24H,3-11,15,22-23H2,1-2H3,(H,31,33)(H,35,36)/t24-/m1/s1. The summed E-state index contributed by atoms with van der Waals surface area (Å²) in [6, 6.07) is 15.9. The van der Waals surface area contributed by atoms with Gasteiger partial charge in [-0.1, -0.05) is 107 Å². The van der Waals surface area contributed by atoms with E-state index in [4.69, 9.17) is 0 Å². The molecule has 0 unspecified atom stereocenters. The lowest BCUT2D eigenvalue weighted by Crippen LogP contribution is -2.38. The molecule has 1 atom stereocenters. The predicted octanol–water partition coefficient (Wildman–Crippen LogP) is 6.51. The monoisotopic (exact) mass is 494 g/mol. The molecule has 6 heteroatoms. The molecule has 196 valence electrons. The van der Waals surface area contributed by atoms with Crippen LogP contribution in [0.4, 0.5) is 0 Å². The highest BCUT2D eigenvalue weighted by molar-refractivity contribution is 6.31. The Bertz CT molecular complexity index is 928. The second-order valence-corrected chi connectivity index (χ2v) is 9.46. The summed E-state index contributed by atoms with van der Waals surface area (Å²) in [5, 5.41) is 12.3. The van der Waals surface area contributed by atoms with Gasteiger partial charge in [0.2, 0.25) is 0 Å². The summed E-state index contributed by atoms with van der Waals surface area (Å²) in [5.41, 5.74) is 2.17. The van der Waals surface area contributed by atoms with Crippen molar-refractivity contribution in [2.24, 2.45) is 0 Å². The molecule has 0 heterocycles. The summed E-state index contributed by atoms with van der Waals surface area (Å²) >= 11 is 0. The number of unbranched alkanes of at least 4 members (excludes halogenated alkanes) is 9. The number of carbonyl (C=O) groups is 3. The third-order valence-corrected chi connectivity index (χ3v) is 6.58. The van der Waals surface area contributed by atoms with Crippen molar-refractivity contribution in [2.75, 3.05) is 6.54 Å². The number of amides is 2. The Balaban J connectivity index is 1.78. The average Bonchev–Trinajstić information content (AvgIpc) is 2.90. The number of carbonyl (C=O) groups excluding carboxylic acids is 2. The van der Waals surface area contributed by atoms with Crippen LogP contribution in [-0.2, 0) is 16.1 Å². The summed E-state index contributed by atoms with van der Waals surface area (Å²) in [5.74, 6) is -2.56. The lowest BCUT2D eigenvalue weighted by atomic mass is 10.0. The Hall–Kier alpha value is -3.15. The van der Waals surface area contributed by atoms with E-state index in [1.165, 1.54) is 56.3 Å². The molecule has 2 aromatic carbocycles. The van der Waals surface area contributed by atoms with Gasteiger partial charge in [-0.05, 0) is 36.6 Å². The van der Waals surface area contributed by atoms with Crippen LogP contribution >= 0.6 is 0 Å². The van der Waals surface area contributed by atoms with E-state index in [-0.39, 0.29) is 12.5 Å². The molecular formula is C30H42N2O4. The molecule has 36 heavy (non-hydrogen) atoms. The summed E-state index contributed by atoms with van der Waals surface area (Å²) in [6.07, 6.45) is 12.6. The molecule has 0 aromatic heterocycles. The number of hydrogen-bond acceptors (Lipinski definition) is 3. The third-order valence-electron chi connectivity index (χ3n) is 6.58. The van der Waals surface area contributed by atoms with Crippen molar-refractivity contribution in [3.63, 3.8) is 0 Å². The Morgan fingerprint density at radius 1 is 0.806 bits per heavy atom. The topological polar surface area (TPSA) is 86.7 Å². The Kier molecular flexibility index (Phi) is 13.3. The van der Waals surface area contributed by atoms with Crippen LogP contribution in [0.25, 0.3) is 0 Å². The summed E-state index contributed by atoms with van der Waals surface area (Å²) < 4.78 is 0. The maximum Gasteiger partial charge on any atom is 0.394 e. The Labute approximate surface area is 216 Å². The third kappa shape index (κ3) is 10.2. The zero-order valence-corrected chi connectivity index (χ0v) is 21.9. The van der Waals surface area contributed by atoms with Gasteiger partial charge in [0.1, 0.15) is 0 Å². The minimum absolute atomic E-state index is 0.117. The molecule has 2 aromatic rings. The normalized spacial score (nSPS) is 11.6. The minimum atomic E-state index is -1.49. The van der Waals surface area contributed by atoms with Crippen molar-refractivity contribution >= 4 is 17.8 Å². The lowest BCUT2D eigenvalue weighted by Gasteiger charge is -2.28. The highest BCUT2D eigenvalue weighted by atomic mass is 16.4. The molecule has 2 amide bonds. The predicted molar refractivity (Wildman–Crippen MR) is 144 cm³/mol. The molecule has 0 saturated heterocycles. The number of aliphatic carboxylic acids is 1. The molecule has 0 aliphatic rings. The molecule has 0 bridgehead atoms. The fourth-order valence-electron chi connectivity index (χ4n) is 4.29. The van der Waals surface area contributed by atoms with Gasteiger partial charge < -0.3 is 15.3 Å². The highest BCUT2D eigenvalue weighted by Gasteiger charge is 2.26. The Morgan fingerprint density at radius 3 is 1.92 bits per heavy atom. The van der Waals surface area contributed by atoms with E-state index in [1.54, 1.807) is 24.3 Å². The SMILES string of the molecule is CCCCCCCCCCCCNC(=O)c1ccc(CN(C(=O)C(=O)O)[C@H](C)c2ccccc2)cc1. The van der Waals surface area contributed by atoms with E-state index < -0.39 is 17.9 Å². The molecule has 2 rings (SSSR count). The smallest absolute Gasteiger partial charge is 0.394 e. The summed E-state index contributed by atoms with van der Waals surface area (Å²) in [4.78, 5) is 37.6. The van der Waals surface area contributed by atoms with Gasteiger partial charge in [0.25, 0.3) is 5.91 Å². The van der Waals surface area contributed by atoms with Crippen LogP contribution in [0.3, 0.4) is 0 Å². The number of hydrogen-bond donors (Lipinski definition) is 2. The van der Waals surface area contributed by atoms with Crippen LogP contribution in [0.2, 0.25) is 0 Å². The van der Waals surface area contributed by atoms with Gasteiger partial charge in [0, 0.05) is 18.7 Å². The fourth-order valence-corrected chi connectivity index (χ4v) is 4.29. The van der Waals surface area contributed by atoms with Gasteiger partial charge in [0.05, 0.1) is 6.04 Å². The van der Waals surface area contributed by atoms with Crippen LogP contribution in [-0.4, -0.2) is 34.3 Å². The molecule has 0 aliphatic heterocycles. The number of nitrogens with one attached hydrogen (secondary N) is 1. The van der Waals surface area contributed by atoms with Gasteiger partial charge in [0.15, 0.2) is 0 Å². The van der Waals surface area contributed by atoms with Gasteiger partial charge in [-0.2, -0.15) is 0 Å². The molecule has 6 nitrogen and oxygen atoms in total. The number of rotatable bonds is 16. The van der Waals surface area contributed by atoms with Gasteiger partial charge in [-0.15, -0.1) is 0 Å². The van der Waals surface area contributed by atoms with Crippen molar-refractivity contribution in [1.29, 1.82) is 0 Å². The molecular weight excluding hydrogens is 452 g/mol. The largest absolute Gasteiger partial charge is 0.474 e. The quantitative estimate of drug-likeness (QED) is 0.206. The van der Waals surface area contributed by atoms with Crippen molar-refractivity contribution in [2.45, 2.75) is 90.6 Å². The van der Waals surface area contributed by atoms with Crippen LogP contribution in [0, 0.1) is 0 Å². The fraction of sp³-hybridized carbons (Fsp3) is 0.500. The number of carboxylic acids is 1. The lowest BCUT2D eigenvalue weighted by molar-refractivity contribution is -0.157. The first-order chi connectivity index (χ1) is 17.4. The maximum atomic E-state index is 12.5. The minimum Gasteiger partial charge on any atom is -0.474 e. The van der Waals surface area contributed by atoms with Crippen molar-refractivity contribution < 1.29 is 19.5 Å². The molecule has 0 spiro atoms. The summed E-state index contributed by atoms with van der Waals surface area (Å²) in [6.45, 7) is 4.85. The van der Waals surface area contributed by atoms with Crippen LogP contribution in [0.15, 0.2) is 54.6 Å². The van der Waals surface area contributed by atoms with E-state index in [1.807, 2.05) is 37.3 Å². The second-order valence-electron chi connectivity index (χ2n) is 9.46. The molecule has 2 N–H and O–H groups in total. The number of carboxylic acid groups (broad SMARTS) is 1. The van der Waals surface area contributed by atoms with E-state index in [2.05, 4.69) is 12.2 Å². The number of nitrogens with zero attached hydrogens (tertiary/aromatic N) is 1. The second kappa shape index (κ2) is 16.5. The average molecular weight is 495 g/mol. The van der Waals surface area contributed by atoms with E-state index in [0.717, 1.165) is 24.0 Å². The molecule has 0 fully saturated rings. The van der Waals surface area contributed by atoms with Gasteiger partial charge in [-0.25, -0.2) is 4.79 Å². The first kappa shape index (κ1) is 29.1. The zero-order chi connectivity index (χ0) is 26.2. The van der Waals surface area contributed by atoms with Gasteiger partial charge >= 0.3 is 11.9 Å². The van der Waals surface area contributed by atoms with Crippen LogP contribution in [0.1, 0.15) is 106 Å². The van der Waals surface area contributed by atoms with E-state index in [0.29, 0.717) is 12.1 Å². The molecule has 0 saturated carbocycles. The van der Waals surface area contributed by atoms with Crippen LogP contribution in [0.5, 0.6) is 0 Å². The highest BCUT2D eigenvalue weighted by Crippen LogP contribution is 2.23. The molecule has 0 radical (unpaired) electrons. The zero-order valence-electron chi connectivity index (χ0n) is 21.9. The van der Waals surface area contributed by atoms with Crippen molar-refractivity contribution in [3.8, 4) is 0 Å². The van der Waals surface area contributed by atoms with E-state index >= 15 is 0 Å². The van der Waals surface area contributed by atoms with Crippen molar-refractivity contribution in [3.05, 3.63) is 71.3 Å². The van der Waals surface area contributed by atoms with Gasteiger partial charge in [-0.3, -0.25) is 9.59 Å². The first-order valence-electron chi connectivity index (χ1n) is 13.4. The summed E-state index contributed by atoms with van der Waals surface area (Å²) in [7, 11) is 0. The van der Waals surface area contributed by atoms with Crippen molar-refractivity contribution in [1.82, 2.24) is 10.2 Å². The first-order valence-corrected chi connectivity index (χ1v) is 13.4. The van der Waals surface area contributed by atoms with E-state index in [9.17, 15) is 19.5 Å².